The van der Waals surface area contributed by atoms with E-state index in [9.17, 15) is 9.59 Å². The van der Waals surface area contributed by atoms with Crippen LogP contribution in [0.1, 0.15) is 103 Å². The number of carbonyl (C=O) groups is 2. The van der Waals surface area contributed by atoms with Gasteiger partial charge in [-0.3, -0.25) is 9.59 Å². The zero-order valence-corrected chi connectivity index (χ0v) is 29.9. The molecule has 0 radical (unpaired) electrons. The Hall–Kier alpha value is -4.72. The van der Waals surface area contributed by atoms with Gasteiger partial charge in [0.25, 0.3) is 0 Å². The molecular weight excluding hydrogens is 621 g/mol. The second-order valence-corrected chi connectivity index (χ2v) is 15.1. The van der Waals surface area contributed by atoms with Gasteiger partial charge in [0.2, 0.25) is 11.8 Å². The van der Waals surface area contributed by atoms with Crippen LogP contribution in [0, 0.1) is 11.8 Å². The van der Waals surface area contributed by atoms with Crippen molar-refractivity contribution in [1.82, 2.24) is 29.7 Å². The molecule has 2 aliphatic heterocycles. The molecule has 2 amide bonds. The summed E-state index contributed by atoms with van der Waals surface area (Å²) in [5, 5.41) is 2.34. The number of rotatable bonds is 9. The summed E-state index contributed by atoms with van der Waals surface area (Å²) in [7, 11) is 0. The fraction of sp³-hybridized carbons (Fsp3) is 0.429. The Morgan fingerprint density at radius 2 is 1.06 bits per heavy atom. The number of fused-ring (bicyclic) bond motifs is 1. The molecule has 2 N–H and O–H groups in total. The first-order chi connectivity index (χ1) is 24.2. The number of aromatic amines is 2. The maximum Gasteiger partial charge on any atom is 0.223 e. The van der Waals surface area contributed by atoms with Crippen LogP contribution in [0.15, 0.2) is 73.1 Å². The van der Waals surface area contributed by atoms with Crippen LogP contribution in [-0.2, 0) is 9.59 Å². The highest BCUT2D eigenvalue weighted by atomic mass is 16.2. The molecule has 5 aromatic rings. The molecule has 2 fully saturated rings. The van der Waals surface area contributed by atoms with Crippen LogP contribution in [0.3, 0.4) is 0 Å². The van der Waals surface area contributed by atoms with Gasteiger partial charge >= 0.3 is 0 Å². The fourth-order valence-electron chi connectivity index (χ4n) is 7.70. The highest BCUT2D eigenvalue weighted by Gasteiger charge is 2.31. The standard InChI is InChI=1S/C42H50N6O2/c1-27(2)21-39(49)47-19-7-5-9-37(47)41-43-25-35(45-41)30-13-11-29(12-14-30)31-15-16-33-24-34(18-17-32(33)23-31)36-26-44-42(46-36)38-10-6-8-20-48(38)40(50)22-28(3)4/h11-18,23-28,37-38H,5-10,19-22H2,1-4H3,(H,43,45)(H,44,46)/t37-,38-/m0/s1. The van der Waals surface area contributed by atoms with E-state index in [1.807, 2.05) is 22.2 Å². The van der Waals surface area contributed by atoms with E-state index in [0.717, 1.165) is 96.9 Å². The number of aromatic nitrogens is 4. The molecule has 2 atom stereocenters. The maximum absolute atomic E-state index is 13.0. The number of nitrogens with zero attached hydrogens (tertiary/aromatic N) is 4. The lowest BCUT2D eigenvalue weighted by Gasteiger charge is -2.35. The van der Waals surface area contributed by atoms with Crippen LogP contribution in [0.2, 0.25) is 0 Å². The quantitative estimate of drug-likeness (QED) is 0.163. The average Bonchev–Trinajstić information content (AvgIpc) is 3.82. The highest BCUT2D eigenvalue weighted by molar-refractivity contribution is 5.90. The third kappa shape index (κ3) is 7.25. The Morgan fingerprint density at radius 1 is 0.620 bits per heavy atom. The molecule has 8 heteroatoms. The van der Waals surface area contributed by atoms with Crippen molar-refractivity contribution in [2.75, 3.05) is 13.1 Å². The van der Waals surface area contributed by atoms with Crippen molar-refractivity contribution >= 4 is 22.6 Å². The normalized spacial score (nSPS) is 18.4. The molecule has 2 aromatic heterocycles. The number of nitrogens with one attached hydrogen (secondary N) is 2. The first-order valence-corrected chi connectivity index (χ1v) is 18.6. The van der Waals surface area contributed by atoms with Crippen LogP contribution in [0.5, 0.6) is 0 Å². The lowest BCUT2D eigenvalue weighted by molar-refractivity contribution is -0.136. The largest absolute Gasteiger partial charge is 0.340 e. The number of benzene rings is 3. The molecular formula is C42H50N6O2. The predicted octanol–water partition coefficient (Wildman–Crippen LogP) is 9.49. The minimum atomic E-state index is 0.0148. The van der Waals surface area contributed by atoms with Crippen LogP contribution in [0.25, 0.3) is 44.4 Å². The van der Waals surface area contributed by atoms with Gasteiger partial charge in [0.05, 0.1) is 35.9 Å². The van der Waals surface area contributed by atoms with Crippen molar-refractivity contribution in [3.05, 3.63) is 84.7 Å². The third-order valence-corrected chi connectivity index (χ3v) is 10.3. The van der Waals surface area contributed by atoms with Crippen molar-refractivity contribution in [2.45, 2.75) is 91.1 Å². The van der Waals surface area contributed by atoms with Crippen LogP contribution < -0.4 is 0 Å². The van der Waals surface area contributed by atoms with Crippen molar-refractivity contribution in [3.8, 4) is 33.6 Å². The number of amides is 2. The summed E-state index contributed by atoms with van der Waals surface area (Å²) in [6.07, 6.45) is 11.2. The second kappa shape index (κ2) is 14.6. The van der Waals surface area contributed by atoms with Crippen LogP contribution in [-0.4, -0.2) is 54.6 Å². The summed E-state index contributed by atoms with van der Waals surface area (Å²) in [5.74, 6) is 2.91. The van der Waals surface area contributed by atoms with Crippen molar-refractivity contribution in [3.63, 3.8) is 0 Å². The molecule has 0 spiro atoms. The molecule has 50 heavy (non-hydrogen) atoms. The van der Waals surface area contributed by atoms with E-state index in [1.165, 1.54) is 10.8 Å². The number of carbonyl (C=O) groups excluding carboxylic acids is 2. The van der Waals surface area contributed by atoms with Crippen LogP contribution >= 0.6 is 0 Å². The van der Waals surface area contributed by atoms with E-state index in [1.54, 1.807) is 0 Å². The van der Waals surface area contributed by atoms with Gasteiger partial charge in [0, 0.05) is 31.5 Å². The molecule has 0 unspecified atom stereocenters. The lowest BCUT2D eigenvalue weighted by Crippen LogP contribution is -2.39. The smallest absolute Gasteiger partial charge is 0.223 e. The molecule has 7 rings (SSSR count). The van der Waals surface area contributed by atoms with E-state index in [4.69, 9.17) is 9.97 Å². The molecule has 2 saturated heterocycles. The van der Waals surface area contributed by atoms with Gasteiger partial charge in [0.15, 0.2) is 0 Å². The summed E-state index contributed by atoms with van der Waals surface area (Å²) in [5.41, 5.74) is 6.43. The molecule has 0 saturated carbocycles. The predicted molar refractivity (Wildman–Crippen MR) is 200 cm³/mol. The minimum absolute atomic E-state index is 0.0148. The monoisotopic (exact) mass is 670 g/mol. The summed E-state index contributed by atoms with van der Waals surface area (Å²) >= 11 is 0. The third-order valence-electron chi connectivity index (χ3n) is 10.3. The molecule has 260 valence electrons. The van der Waals surface area contributed by atoms with E-state index in [-0.39, 0.29) is 23.9 Å². The zero-order valence-electron chi connectivity index (χ0n) is 29.9. The number of imidazole rings is 2. The summed E-state index contributed by atoms with van der Waals surface area (Å²) in [4.78, 5) is 46.7. The van der Waals surface area contributed by atoms with E-state index < -0.39 is 0 Å². The summed E-state index contributed by atoms with van der Waals surface area (Å²) < 4.78 is 0. The Kier molecular flexibility index (Phi) is 9.88. The molecule has 2 aliphatic rings. The molecule has 4 heterocycles. The number of hydrogen-bond donors (Lipinski definition) is 2. The summed E-state index contributed by atoms with van der Waals surface area (Å²) in [6, 6.07) is 21.8. The van der Waals surface area contributed by atoms with Gasteiger partial charge in [-0.15, -0.1) is 0 Å². The first-order valence-electron chi connectivity index (χ1n) is 18.6. The first kappa shape index (κ1) is 33.8. The van der Waals surface area contributed by atoms with Crippen molar-refractivity contribution in [2.24, 2.45) is 11.8 Å². The van der Waals surface area contributed by atoms with Gasteiger partial charge in [-0.2, -0.15) is 0 Å². The fourth-order valence-corrected chi connectivity index (χ4v) is 7.70. The Balaban J connectivity index is 1.05. The molecule has 0 bridgehead atoms. The number of likely N-dealkylation sites (tertiary alicyclic amines) is 2. The van der Waals surface area contributed by atoms with Gasteiger partial charge in [-0.1, -0.05) is 76.2 Å². The molecule has 8 nitrogen and oxygen atoms in total. The van der Waals surface area contributed by atoms with E-state index in [2.05, 4.69) is 98.3 Å². The number of H-pyrrole nitrogens is 2. The van der Waals surface area contributed by atoms with Gasteiger partial charge < -0.3 is 19.8 Å². The summed E-state index contributed by atoms with van der Waals surface area (Å²) in [6.45, 7) is 10.0. The Labute approximate surface area is 295 Å². The lowest BCUT2D eigenvalue weighted by atomic mass is 9.98. The Bertz CT molecular complexity index is 1950. The van der Waals surface area contributed by atoms with Crippen molar-refractivity contribution < 1.29 is 9.59 Å². The highest BCUT2D eigenvalue weighted by Crippen LogP contribution is 2.35. The van der Waals surface area contributed by atoms with E-state index in [0.29, 0.717) is 24.7 Å². The van der Waals surface area contributed by atoms with Crippen LogP contribution in [0.4, 0.5) is 0 Å². The number of piperidine rings is 2. The maximum atomic E-state index is 13.0. The Morgan fingerprint density at radius 3 is 1.58 bits per heavy atom. The van der Waals surface area contributed by atoms with Gasteiger partial charge in [0.1, 0.15) is 11.6 Å². The number of hydrogen-bond acceptors (Lipinski definition) is 4. The van der Waals surface area contributed by atoms with Crippen molar-refractivity contribution in [1.29, 1.82) is 0 Å². The average molecular weight is 671 g/mol. The van der Waals surface area contributed by atoms with E-state index >= 15 is 0 Å². The van der Waals surface area contributed by atoms with Gasteiger partial charge in [-0.25, -0.2) is 9.97 Å². The topological polar surface area (TPSA) is 98.0 Å². The molecule has 3 aromatic carbocycles. The SMILES string of the molecule is CC(C)CC(=O)N1CCCC[C@H]1c1ncc(-c2ccc(-c3ccc4cc(-c5cnc([C@@H]6CCCCN6C(=O)CC(C)C)[nH]5)ccc4c3)cc2)[nH]1. The second-order valence-electron chi connectivity index (χ2n) is 15.1. The van der Waals surface area contributed by atoms with Gasteiger partial charge in [-0.05, 0) is 90.0 Å². The molecule has 0 aliphatic carbocycles. The zero-order chi connectivity index (χ0) is 34.8. The minimum Gasteiger partial charge on any atom is -0.340 e.